The molecule has 124 valence electrons. The van der Waals surface area contributed by atoms with E-state index in [1.807, 2.05) is 7.05 Å². The summed E-state index contributed by atoms with van der Waals surface area (Å²) in [6, 6.07) is 0.219. The maximum Gasteiger partial charge on any atom is 0.391 e. The van der Waals surface area contributed by atoms with E-state index in [0.29, 0.717) is 25.4 Å². The molecular formula is C16H28F3NO. The molecule has 2 nitrogen and oxygen atoms in total. The minimum atomic E-state index is -4.02. The molecule has 0 radical (unpaired) electrons. The van der Waals surface area contributed by atoms with Gasteiger partial charge in [0.2, 0.25) is 0 Å². The summed E-state index contributed by atoms with van der Waals surface area (Å²) in [6.07, 6.45) is 3.96. The van der Waals surface area contributed by atoms with Crippen molar-refractivity contribution in [2.75, 3.05) is 13.7 Å². The average Bonchev–Trinajstić information content (AvgIpc) is 2.96. The molecule has 1 N–H and O–H groups in total. The minimum Gasteiger partial charge on any atom is -0.378 e. The molecule has 0 aromatic rings. The number of alkyl halides is 3. The van der Waals surface area contributed by atoms with Crippen molar-refractivity contribution < 1.29 is 17.9 Å². The molecule has 2 fully saturated rings. The van der Waals surface area contributed by atoms with Crippen molar-refractivity contribution in [1.82, 2.24) is 5.32 Å². The number of halogens is 3. The van der Waals surface area contributed by atoms with Gasteiger partial charge in [-0.1, -0.05) is 6.42 Å². The van der Waals surface area contributed by atoms with Gasteiger partial charge in [-0.3, -0.25) is 0 Å². The van der Waals surface area contributed by atoms with Crippen LogP contribution < -0.4 is 5.32 Å². The standard InChI is InChI=1S/C16H28F3NO/c1-20-15(9-3-7-14-8-4-10-21-14)12-5-2-6-13(11-12)16(17,18)19/h12-15,20H,2-11H2,1H3. The Labute approximate surface area is 125 Å². The summed E-state index contributed by atoms with van der Waals surface area (Å²) in [5.74, 6) is -0.926. The average molecular weight is 307 g/mol. The third-order valence-electron chi connectivity index (χ3n) is 5.18. The Kier molecular flexibility index (Phi) is 6.35. The summed E-state index contributed by atoms with van der Waals surface area (Å²) in [6.45, 7) is 0.871. The highest BCUT2D eigenvalue weighted by Crippen LogP contribution is 2.41. The van der Waals surface area contributed by atoms with Crippen LogP contribution in [0, 0.1) is 11.8 Å². The topological polar surface area (TPSA) is 21.3 Å². The second-order valence-corrected chi connectivity index (χ2v) is 6.63. The second kappa shape index (κ2) is 7.82. The maximum atomic E-state index is 12.9. The molecule has 1 heterocycles. The van der Waals surface area contributed by atoms with E-state index in [4.69, 9.17) is 4.74 Å². The number of ether oxygens (including phenoxy) is 1. The van der Waals surface area contributed by atoms with Gasteiger partial charge in [0, 0.05) is 12.6 Å². The largest absolute Gasteiger partial charge is 0.391 e. The Morgan fingerprint density at radius 1 is 1.19 bits per heavy atom. The van der Waals surface area contributed by atoms with Gasteiger partial charge >= 0.3 is 6.18 Å². The molecule has 1 saturated heterocycles. The lowest BCUT2D eigenvalue weighted by atomic mass is 9.76. The first kappa shape index (κ1) is 17.1. The van der Waals surface area contributed by atoms with Crippen molar-refractivity contribution >= 4 is 0 Å². The third kappa shape index (κ3) is 5.13. The number of rotatable bonds is 6. The summed E-state index contributed by atoms with van der Waals surface area (Å²) in [7, 11) is 1.88. The highest BCUT2D eigenvalue weighted by Gasteiger charge is 2.43. The normalized spacial score (nSPS) is 32.3. The van der Waals surface area contributed by atoms with Crippen LogP contribution in [-0.4, -0.2) is 32.0 Å². The minimum absolute atomic E-state index is 0.167. The van der Waals surface area contributed by atoms with Crippen molar-refractivity contribution in [3.05, 3.63) is 0 Å². The number of nitrogens with one attached hydrogen (secondary N) is 1. The fourth-order valence-corrected chi connectivity index (χ4v) is 3.94. The zero-order valence-corrected chi connectivity index (χ0v) is 12.9. The van der Waals surface area contributed by atoms with E-state index in [0.717, 1.165) is 45.1 Å². The second-order valence-electron chi connectivity index (χ2n) is 6.63. The Bertz CT molecular complexity index is 302. The van der Waals surface area contributed by atoms with Gasteiger partial charge in [0.25, 0.3) is 0 Å². The summed E-state index contributed by atoms with van der Waals surface area (Å²) >= 11 is 0. The summed E-state index contributed by atoms with van der Waals surface area (Å²) in [5, 5.41) is 3.26. The SMILES string of the molecule is CNC(CCCC1CCCO1)C1CCCC(C(F)(F)F)C1. The molecule has 0 aromatic heterocycles. The molecule has 0 aromatic carbocycles. The van der Waals surface area contributed by atoms with Crippen molar-refractivity contribution in [2.24, 2.45) is 11.8 Å². The van der Waals surface area contributed by atoms with Crippen molar-refractivity contribution in [3.8, 4) is 0 Å². The molecule has 21 heavy (non-hydrogen) atoms. The Morgan fingerprint density at radius 2 is 2.00 bits per heavy atom. The first-order valence-corrected chi connectivity index (χ1v) is 8.36. The van der Waals surface area contributed by atoms with Gasteiger partial charge in [-0.25, -0.2) is 0 Å². The van der Waals surface area contributed by atoms with Gasteiger partial charge in [0.15, 0.2) is 0 Å². The Morgan fingerprint density at radius 3 is 2.62 bits per heavy atom. The maximum absolute atomic E-state index is 12.9. The van der Waals surface area contributed by atoms with E-state index in [-0.39, 0.29) is 12.0 Å². The van der Waals surface area contributed by atoms with Gasteiger partial charge in [0.05, 0.1) is 12.0 Å². The molecule has 1 saturated carbocycles. The van der Waals surface area contributed by atoms with E-state index in [2.05, 4.69) is 5.32 Å². The van der Waals surface area contributed by atoms with Crippen LogP contribution in [0.1, 0.15) is 57.8 Å². The van der Waals surface area contributed by atoms with Gasteiger partial charge in [-0.05, 0) is 64.3 Å². The molecule has 1 aliphatic heterocycles. The van der Waals surface area contributed by atoms with Gasteiger partial charge in [-0.15, -0.1) is 0 Å². The summed E-state index contributed by atoms with van der Waals surface area (Å²) < 4.78 is 44.3. The quantitative estimate of drug-likeness (QED) is 0.790. The zero-order chi connectivity index (χ0) is 15.3. The molecular weight excluding hydrogens is 279 g/mol. The Balaban J connectivity index is 1.76. The van der Waals surface area contributed by atoms with Gasteiger partial charge < -0.3 is 10.1 Å². The molecule has 1 aliphatic carbocycles. The summed E-state index contributed by atoms with van der Waals surface area (Å²) in [5.41, 5.74) is 0. The van der Waals surface area contributed by atoms with Crippen LogP contribution in [0.4, 0.5) is 13.2 Å². The fourth-order valence-electron chi connectivity index (χ4n) is 3.94. The van der Waals surface area contributed by atoms with Gasteiger partial charge in [-0.2, -0.15) is 13.2 Å². The lowest BCUT2D eigenvalue weighted by Gasteiger charge is -2.35. The zero-order valence-electron chi connectivity index (χ0n) is 12.9. The highest BCUT2D eigenvalue weighted by molar-refractivity contribution is 4.84. The third-order valence-corrected chi connectivity index (χ3v) is 5.18. The highest BCUT2D eigenvalue weighted by atomic mass is 19.4. The predicted molar refractivity (Wildman–Crippen MR) is 77.2 cm³/mol. The van der Waals surface area contributed by atoms with Crippen LogP contribution in [0.25, 0.3) is 0 Å². The smallest absolute Gasteiger partial charge is 0.378 e. The van der Waals surface area contributed by atoms with Crippen LogP contribution in [0.3, 0.4) is 0 Å². The van der Waals surface area contributed by atoms with E-state index >= 15 is 0 Å². The van der Waals surface area contributed by atoms with Crippen LogP contribution in [0.5, 0.6) is 0 Å². The summed E-state index contributed by atoms with van der Waals surface area (Å²) in [4.78, 5) is 0. The van der Waals surface area contributed by atoms with Crippen molar-refractivity contribution in [1.29, 1.82) is 0 Å². The van der Waals surface area contributed by atoms with E-state index in [9.17, 15) is 13.2 Å². The van der Waals surface area contributed by atoms with Crippen LogP contribution in [-0.2, 0) is 4.74 Å². The lowest BCUT2D eigenvalue weighted by Crippen LogP contribution is -2.39. The first-order chi connectivity index (χ1) is 10.0. The van der Waals surface area contributed by atoms with Crippen molar-refractivity contribution in [3.63, 3.8) is 0 Å². The molecule has 0 spiro atoms. The predicted octanol–water partition coefficient (Wildman–Crippen LogP) is 4.29. The van der Waals surface area contributed by atoms with Gasteiger partial charge in [0.1, 0.15) is 0 Å². The lowest BCUT2D eigenvalue weighted by molar-refractivity contribution is -0.186. The Hall–Kier alpha value is -0.290. The number of hydrogen-bond donors (Lipinski definition) is 1. The molecule has 4 unspecified atom stereocenters. The molecule has 5 heteroatoms. The van der Waals surface area contributed by atoms with E-state index in [1.165, 1.54) is 0 Å². The van der Waals surface area contributed by atoms with E-state index < -0.39 is 12.1 Å². The molecule has 2 rings (SSSR count). The first-order valence-electron chi connectivity index (χ1n) is 8.36. The molecule has 4 atom stereocenters. The number of hydrogen-bond acceptors (Lipinski definition) is 2. The van der Waals surface area contributed by atoms with Crippen LogP contribution >= 0.6 is 0 Å². The van der Waals surface area contributed by atoms with Crippen molar-refractivity contribution in [2.45, 2.75) is 76.1 Å². The fraction of sp³-hybridized carbons (Fsp3) is 1.00. The molecule has 2 aliphatic rings. The van der Waals surface area contributed by atoms with Crippen LogP contribution in [0.2, 0.25) is 0 Å². The van der Waals surface area contributed by atoms with Crippen LogP contribution in [0.15, 0.2) is 0 Å². The van der Waals surface area contributed by atoms with E-state index in [1.54, 1.807) is 0 Å². The monoisotopic (exact) mass is 307 g/mol. The molecule has 0 bridgehead atoms. The molecule has 0 amide bonds.